The molecule has 4 fully saturated rings. The Balaban J connectivity index is 1.98. The zero-order chi connectivity index (χ0) is 19.8. The van der Waals surface area contributed by atoms with Crippen molar-refractivity contribution in [2.75, 3.05) is 5.73 Å². The highest BCUT2D eigenvalue weighted by atomic mass is 16.4. The van der Waals surface area contributed by atoms with Crippen molar-refractivity contribution in [1.82, 2.24) is 0 Å². The number of carbonyl (C=O) groups is 3. The van der Waals surface area contributed by atoms with Crippen LogP contribution in [-0.2, 0) is 19.8 Å². The molecule has 144 valence electrons. The lowest BCUT2D eigenvalue weighted by atomic mass is 9.34. The van der Waals surface area contributed by atoms with Gasteiger partial charge in [-0.3, -0.25) is 14.4 Å². The molecule has 8 nitrogen and oxygen atoms in total. The maximum Gasteiger partial charge on any atom is 0.309 e. The highest BCUT2D eigenvalue weighted by molar-refractivity contribution is 5.87. The van der Waals surface area contributed by atoms with E-state index in [2.05, 4.69) is 0 Å². The van der Waals surface area contributed by atoms with Gasteiger partial charge in [-0.15, -0.1) is 0 Å². The number of aromatic hydroxyl groups is 1. The smallest absolute Gasteiger partial charge is 0.309 e. The molecule has 5 rings (SSSR count). The third-order valence-corrected chi connectivity index (χ3v) is 7.06. The summed E-state index contributed by atoms with van der Waals surface area (Å²) in [4.78, 5) is 36.7. The molecule has 0 radical (unpaired) electrons. The van der Waals surface area contributed by atoms with E-state index in [9.17, 15) is 34.8 Å². The Kier molecular flexibility index (Phi) is 3.22. The minimum Gasteiger partial charge on any atom is -0.506 e. The van der Waals surface area contributed by atoms with E-state index in [1.807, 2.05) is 0 Å². The minimum atomic E-state index is -1.40. The molecular weight excluding hydrogens is 354 g/mol. The van der Waals surface area contributed by atoms with Gasteiger partial charge >= 0.3 is 17.9 Å². The molecule has 0 spiro atoms. The van der Waals surface area contributed by atoms with Crippen molar-refractivity contribution >= 4 is 23.6 Å². The van der Waals surface area contributed by atoms with E-state index in [4.69, 9.17) is 5.73 Å². The van der Waals surface area contributed by atoms with E-state index in [0.29, 0.717) is 5.56 Å². The van der Waals surface area contributed by atoms with Gasteiger partial charge in [0.05, 0.1) is 21.9 Å². The first-order valence-corrected chi connectivity index (χ1v) is 8.78. The summed E-state index contributed by atoms with van der Waals surface area (Å²) < 4.78 is 0. The fraction of sp³-hybridized carbons (Fsp3) is 0.526. The molecule has 0 atom stereocenters. The fourth-order valence-electron chi connectivity index (χ4n) is 6.51. The predicted molar refractivity (Wildman–Crippen MR) is 92.1 cm³/mol. The number of aliphatic carboxylic acids is 3. The van der Waals surface area contributed by atoms with Crippen LogP contribution in [0.4, 0.5) is 5.69 Å². The van der Waals surface area contributed by atoms with Crippen LogP contribution in [0.25, 0.3) is 0 Å². The Hall–Kier alpha value is -2.77. The van der Waals surface area contributed by atoms with Gasteiger partial charge in [0.1, 0.15) is 5.75 Å². The number of phenols is 1. The van der Waals surface area contributed by atoms with Crippen LogP contribution in [0.1, 0.15) is 44.1 Å². The number of rotatable bonds is 4. The molecule has 0 heterocycles. The molecule has 1 aromatic carbocycles. The Morgan fingerprint density at radius 1 is 0.778 bits per heavy atom. The first-order chi connectivity index (χ1) is 12.5. The zero-order valence-corrected chi connectivity index (χ0v) is 14.6. The Labute approximate surface area is 154 Å². The standard InChI is InChI=1S/C19H21NO7/c20-11-3-10(1-2-12(11)21)16-4-17(13(22)23)7-18(5-16,14(24)25)9-19(6-16,8-17)15(26)27/h1-3,21H,4-9,20H2,(H,22,23)(H,24,25)(H,26,27). The van der Waals surface area contributed by atoms with E-state index < -0.39 is 39.6 Å². The van der Waals surface area contributed by atoms with Crippen molar-refractivity contribution in [3.05, 3.63) is 23.8 Å². The molecule has 0 aliphatic heterocycles. The second-order valence-electron chi connectivity index (χ2n) is 8.87. The summed E-state index contributed by atoms with van der Waals surface area (Å²) in [6.45, 7) is 0. The molecule has 4 aliphatic rings. The van der Waals surface area contributed by atoms with Crippen molar-refractivity contribution in [2.24, 2.45) is 16.2 Å². The number of anilines is 1. The second-order valence-corrected chi connectivity index (χ2v) is 8.87. The van der Waals surface area contributed by atoms with E-state index in [0.717, 1.165) is 0 Å². The van der Waals surface area contributed by atoms with E-state index in [-0.39, 0.29) is 50.0 Å². The summed E-state index contributed by atoms with van der Waals surface area (Å²) in [5.74, 6) is -3.56. The number of hydrogen-bond donors (Lipinski definition) is 5. The van der Waals surface area contributed by atoms with Gasteiger partial charge in [-0.25, -0.2) is 0 Å². The van der Waals surface area contributed by atoms with Crippen molar-refractivity contribution in [3.63, 3.8) is 0 Å². The lowest BCUT2D eigenvalue weighted by molar-refractivity contribution is -0.214. The number of benzene rings is 1. The number of nitrogens with two attached hydrogens (primary N) is 1. The van der Waals surface area contributed by atoms with Gasteiger partial charge in [-0.05, 0) is 61.6 Å². The van der Waals surface area contributed by atoms with Gasteiger partial charge in [0, 0.05) is 0 Å². The molecule has 8 heteroatoms. The third-order valence-electron chi connectivity index (χ3n) is 7.06. The van der Waals surface area contributed by atoms with Gasteiger partial charge in [0.2, 0.25) is 0 Å². The SMILES string of the molecule is Nc1cc(C23CC4(C(=O)O)CC(C(=O)O)(CC(C(=O)O)(C4)C2)C3)ccc1O. The third kappa shape index (κ3) is 2.12. The molecule has 0 amide bonds. The molecule has 1 aromatic rings. The number of phenolic OH excluding ortho intramolecular Hbond substituents is 1. The van der Waals surface area contributed by atoms with Crippen LogP contribution in [0.5, 0.6) is 5.75 Å². The van der Waals surface area contributed by atoms with Crippen LogP contribution in [0.15, 0.2) is 18.2 Å². The second kappa shape index (κ2) is 4.94. The van der Waals surface area contributed by atoms with Gasteiger partial charge < -0.3 is 26.2 Å². The quantitative estimate of drug-likeness (QED) is 0.394. The lowest BCUT2D eigenvalue weighted by Gasteiger charge is -2.66. The Bertz CT molecular complexity index is 810. The van der Waals surface area contributed by atoms with Crippen molar-refractivity contribution in [3.8, 4) is 5.75 Å². The first-order valence-electron chi connectivity index (χ1n) is 8.78. The molecule has 4 bridgehead atoms. The molecule has 0 unspecified atom stereocenters. The van der Waals surface area contributed by atoms with E-state index in [1.54, 1.807) is 6.07 Å². The van der Waals surface area contributed by atoms with Crippen LogP contribution in [0.3, 0.4) is 0 Å². The van der Waals surface area contributed by atoms with Gasteiger partial charge in [-0.2, -0.15) is 0 Å². The van der Waals surface area contributed by atoms with Crippen molar-refractivity contribution in [1.29, 1.82) is 0 Å². The maximum absolute atomic E-state index is 12.2. The van der Waals surface area contributed by atoms with Crippen molar-refractivity contribution < 1.29 is 34.8 Å². The summed E-state index contributed by atoms with van der Waals surface area (Å²) in [5.41, 5.74) is 1.37. The number of nitrogen functional groups attached to an aromatic ring is 1. The van der Waals surface area contributed by atoms with Crippen LogP contribution in [0, 0.1) is 16.2 Å². The highest BCUT2D eigenvalue weighted by Crippen LogP contribution is 2.74. The molecule has 4 saturated carbocycles. The van der Waals surface area contributed by atoms with Gasteiger partial charge in [0.25, 0.3) is 0 Å². The van der Waals surface area contributed by atoms with Gasteiger partial charge in [-0.1, -0.05) is 6.07 Å². The van der Waals surface area contributed by atoms with Crippen molar-refractivity contribution in [2.45, 2.75) is 43.9 Å². The number of hydrogen-bond acceptors (Lipinski definition) is 5. The summed E-state index contributed by atoms with van der Waals surface area (Å²) in [6.07, 6.45) is 0.329. The molecule has 0 saturated heterocycles. The fourth-order valence-corrected chi connectivity index (χ4v) is 6.51. The zero-order valence-electron chi connectivity index (χ0n) is 14.6. The first kappa shape index (κ1) is 17.6. The van der Waals surface area contributed by atoms with E-state index >= 15 is 0 Å². The Morgan fingerprint density at radius 2 is 1.19 bits per heavy atom. The number of carboxylic acid groups (broad SMARTS) is 3. The van der Waals surface area contributed by atoms with Crippen LogP contribution in [0.2, 0.25) is 0 Å². The van der Waals surface area contributed by atoms with E-state index in [1.165, 1.54) is 12.1 Å². The monoisotopic (exact) mass is 375 g/mol. The maximum atomic E-state index is 12.2. The molecule has 4 aliphatic carbocycles. The largest absolute Gasteiger partial charge is 0.506 e. The van der Waals surface area contributed by atoms with Gasteiger partial charge in [0.15, 0.2) is 0 Å². The summed E-state index contributed by atoms with van der Waals surface area (Å²) in [6, 6.07) is 4.50. The molecule has 6 N–H and O–H groups in total. The van der Waals surface area contributed by atoms with Crippen LogP contribution < -0.4 is 5.73 Å². The highest BCUT2D eigenvalue weighted by Gasteiger charge is 2.74. The number of carboxylic acids is 3. The summed E-state index contributed by atoms with van der Waals surface area (Å²) in [5, 5.41) is 39.7. The molecular formula is C19H21NO7. The minimum absolute atomic E-state index is 0.0605. The lowest BCUT2D eigenvalue weighted by Crippen LogP contribution is -2.68. The van der Waals surface area contributed by atoms with Crippen LogP contribution >= 0.6 is 0 Å². The Morgan fingerprint density at radius 3 is 1.52 bits per heavy atom. The summed E-state index contributed by atoms with van der Waals surface area (Å²) >= 11 is 0. The average Bonchev–Trinajstić information content (AvgIpc) is 2.56. The molecule has 27 heavy (non-hydrogen) atoms. The normalized spacial score (nSPS) is 39.3. The molecule has 0 aromatic heterocycles. The van der Waals surface area contributed by atoms with Crippen LogP contribution in [-0.4, -0.2) is 38.3 Å². The summed E-state index contributed by atoms with van der Waals surface area (Å²) in [7, 11) is 0. The average molecular weight is 375 g/mol. The topological polar surface area (TPSA) is 158 Å². The predicted octanol–water partition coefficient (Wildman–Crippen LogP) is 1.81.